The summed E-state index contributed by atoms with van der Waals surface area (Å²) in [5.41, 5.74) is 6.08. The Morgan fingerprint density at radius 1 is 1.08 bits per heavy atom. The second kappa shape index (κ2) is 7.28. The highest BCUT2D eigenvalue weighted by Crippen LogP contribution is 2.22. The molecule has 4 N–H and O–H groups in total. The fourth-order valence-electron chi connectivity index (χ4n) is 2.03. The number of phenolic OH excluding ortho intramolecular Hbond substituents is 1. The Morgan fingerprint density at radius 3 is 2.46 bits per heavy atom. The number of primary amides is 1. The Balaban J connectivity index is 2.00. The van der Waals surface area contributed by atoms with Crippen molar-refractivity contribution < 1.29 is 24.2 Å². The number of ether oxygens (including phenoxy) is 1. The molecule has 7 nitrogen and oxygen atoms in total. The maximum Gasteiger partial charge on any atom is 0.342 e. The third-order valence-corrected chi connectivity index (χ3v) is 3.26. The molecule has 0 unspecified atom stereocenters. The van der Waals surface area contributed by atoms with Crippen molar-refractivity contribution in [3.05, 3.63) is 59.2 Å². The van der Waals surface area contributed by atoms with Gasteiger partial charge in [0, 0.05) is 0 Å². The van der Waals surface area contributed by atoms with Crippen molar-refractivity contribution in [2.24, 2.45) is 5.73 Å². The van der Waals surface area contributed by atoms with E-state index in [1.807, 2.05) is 0 Å². The van der Waals surface area contributed by atoms with E-state index in [-0.39, 0.29) is 22.6 Å². The first kappa shape index (κ1) is 17.0. The summed E-state index contributed by atoms with van der Waals surface area (Å²) in [7, 11) is 0. The molecule has 124 valence electrons. The lowest BCUT2D eigenvalue weighted by Crippen LogP contribution is -2.23. The first-order chi connectivity index (χ1) is 11.4. The summed E-state index contributed by atoms with van der Waals surface area (Å²) in [5, 5.41) is 12.3. The lowest BCUT2D eigenvalue weighted by molar-refractivity contribution is -0.119. The summed E-state index contributed by atoms with van der Waals surface area (Å²) in [5.74, 6) is -2.34. The van der Waals surface area contributed by atoms with Crippen LogP contribution in [0.1, 0.15) is 26.3 Å². The molecule has 2 amide bonds. The topological polar surface area (TPSA) is 119 Å². The number of aromatic hydroxyl groups is 1. The lowest BCUT2D eigenvalue weighted by Gasteiger charge is -2.10. The normalized spacial score (nSPS) is 10.0. The van der Waals surface area contributed by atoms with Gasteiger partial charge in [0.15, 0.2) is 6.61 Å². The number of nitrogens with two attached hydrogens (primary N) is 1. The van der Waals surface area contributed by atoms with Crippen LogP contribution in [0.3, 0.4) is 0 Å². The molecule has 24 heavy (non-hydrogen) atoms. The SMILES string of the molecule is Cc1cccc(C(=O)OCC(=O)Nc2ccccc2C(N)=O)c1O. The molecule has 0 aliphatic heterocycles. The van der Waals surface area contributed by atoms with Crippen molar-refractivity contribution in [2.75, 3.05) is 11.9 Å². The molecule has 0 atom stereocenters. The van der Waals surface area contributed by atoms with Gasteiger partial charge in [-0.1, -0.05) is 24.3 Å². The maximum atomic E-state index is 11.9. The van der Waals surface area contributed by atoms with Gasteiger partial charge < -0.3 is 20.9 Å². The highest BCUT2D eigenvalue weighted by atomic mass is 16.5. The van der Waals surface area contributed by atoms with Crippen LogP contribution in [0.25, 0.3) is 0 Å². The number of hydrogen-bond donors (Lipinski definition) is 3. The number of rotatable bonds is 5. The number of carbonyl (C=O) groups is 3. The quantitative estimate of drug-likeness (QED) is 0.720. The smallest absolute Gasteiger partial charge is 0.342 e. The van der Waals surface area contributed by atoms with Gasteiger partial charge in [-0.3, -0.25) is 9.59 Å². The molecule has 0 aliphatic carbocycles. The summed E-state index contributed by atoms with van der Waals surface area (Å²) in [6, 6.07) is 10.8. The first-order valence-corrected chi connectivity index (χ1v) is 7.04. The minimum Gasteiger partial charge on any atom is -0.507 e. The van der Waals surface area contributed by atoms with Crippen LogP contribution in [0.4, 0.5) is 5.69 Å². The summed E-state index contributed by atoms with van der Waals surface area (Å²) in [6.07, 6.45) is 0. The molecule has 0 saturated heterocycles. The van der Waals surface area contributed by atoms with Gasteiger partial charge in [-0.25, -0.2) is 4.79 Å². The minimum atomic E-state index is -0.825. The molecule has 0 radical (unpaired) electrons. The molecule has 2 rings (SSSR count). The molecular formula is C17H16N2O5. The Hall–Kier alpha value is -3.35. The predicted molar refractivity (Wildman–Crippen MR) is 86.7 cm³/mol. The summed E-state index contributed by atoms with van der Waals surface area (Å²) < 4.78 is 4.87. The van der Waals surface area contributed by atoms with E-state index < -0.39 is 24.4 Å². The zero-order chi connectivity index (χ0) is 17.7. The van der Waals surface area contributed by atoms with Crippen molar-refractivity contribution in [3.8, 4) is 5.75 Å². The van der Waals surface area contributed by atoms with Crippen molar-refractivity contribution in [1.82, 2.24) is 0 Å². The lowest BCUT2D eigenvalue weighted by atomic mass is 10.1. The molecule has 0 bridgehead atoms. The monoisotopic (exact) mass is 328 g/mol. The average molecular weight is 328 g/mol. The molecule has 0 fully saturated rings. The highest BCUT2D eigenvalue weighted by Gasteiger charge is 2.16. The number of para-hydroxylation sites is 2. The van der Waals surface area contributed by atoms with Crippen LogP contribution in [0, 0.1) is 6.92 Å². The number of nitrogens with one attached hydrogen (secondary N) is 1. The van der Waals surface area contributed by atoms with Gasteiger partial charge in [0.1, 0.15) is 11.3 Å². The third kappa shape index (κ3) is 3.89. The van der Waals surface area contributed by atoms with E-state index in [9.17, 15) is 19.5 Å². The van der Waals surface area contributed by atoms with Crippen LogP contribution in [0.2, 0.25) is 0 Å². The Bertz CT molecular complexity index is 801. The Morgan fingerprint density at radius 2 is 1.75 bits per heavy atom. The van der Waals surface area contributed by atoms with Crippen LogP contribution >= 0.6 is 0 Å². The standard InChI is InChI=1S/C17H16N2O5/c1-10-5-4-7-12(15(10)21)17(23)24-9-14(20)19-13-8-3-2-6-11(13)16(18)22/h2-8,21H,9H2,1H3,(H2,18,22)(H,19,20). The number of aryl methyl sites for hydroxylation is 1. The summed E-state index contributed by atoms with van der Waals surface area (Å²) in [6.45, 7) is 1.07. The molecule has 2 aromatic rings. The molecule has 0 spiro atoms. The number of carbonyl (C=O) groups excluding carboxylic acids is 3. The third-order valence-electron chi connectivity index (χ3n) is 3.26. The predicted octanol–water partition coefficient (Wildman–Crippen LogP) is 1.60. The first-order valence-electron chi connectivity index (χ1n) is 7.04. The van der Waals surface area contributed by atoms with E-state index in [1.165, 1.54) is 18.2 Å². The number of phenols is 1. The van der Waals surface area contributed by atoms with Gasteiger partial charge in [0.2, 0.25) is 0 Å². The molecule has 2 aromatic carbocycles. The molecule has 0 aromatic heterocycles. The van der Waals surface area contributed by atoms with E-state index >= 15 is 0 Å². The van der Waals surface area contributed by atoms with Crippen LogP contribution in [0.5, 0.6) is 5.75 Å². The zero-order valence-electron chi connectivity index (χ0n) is 12.9. The minimum absolute atomic E-state index is 0.0275. The van der Waals surface area contributed by atoms with E-state index in [4.69, 9.17) is 10.5 Å². The second-order valence-corrected chi connectivity index (χ2v) is 5.01. The number of benzene rings is 2. The number of hydrogen-bond acceptors (Lipinski definition) is 5. The fourth-order valence-corrected chi connectivity index (χ4v) is 2.03. The second-order valence-electron chi connectivity index (χ2n) is 5.01. The van der Waals surface area contributed by atoms with E-state index in [0.29, 0.717) is 5.56 Å². The molecule has 0 heterocycles. The van der Waals surface area contributed by atoms with Gasteiger partial charge >= 0.3 is 5.97 Å². The number of anilines is 1. The Labute approximate surface area is 138 Å². The van der Waals surface area contributed by atoms with Crippen molar-refractivity contribution in [2.45, 2.75) is 6.92 Å². The van der Waals surface area contributed by atoms with Gasteiger partial charge in [0.25, 0.3) is 11.8 Å². The summed E-state index contributed by atoms with van der Waals surface area (Å²) in [4.78, 5) is 35.1. The average Bonchev–Trinajstić information content (AvgIpc) is 2.55. The van der Waals surface area contributed by atoms with Gasteiger partial charge in [-0.15, -0.1) is 0 Å². The van der Waals surface area contributed by atoms with Gasteiger partial charge in [-0.2, -0.15) is 0 Å². The van der Waals surface area contributed by atoms with Crippen molar-refractivity contribution in [3.63, 3.8) is 0 Å². The van der Waals surface area contributed by atoms with Crippen LogP contribution < -0.4 is 11.1 Å². The van der Waals surface area contributed by atoms with E-state index in [0.717, 1.165) is 0 Å². The molecule has 0 aliphatic rings. The van der Waals surface area contributed by atoms with Crippen LogP contribution in [-0.2, 0) is 9.53 Å². The fraction of sp³-hybridized carbons (Fsp3) is 0.118. The Kier molecular flexibility index (Phi) is 5.16. The number of amides is 2. The van der Waals surface area contributed by atoms with Crippen molar-refractivity contribution in [1.29, 1.82) is 0 Å². The summed E-state index contributed by atoms with van der Waals surface area (Å²) >= 11 is 0. The largest absolute Gasteiger partial charge is 0.507 e. The molecular weight excluding hydrogens is 312 g/mol. The van der Waals surface area contributed by atoms with Gasteiger partial charge in [0.05, 0.1) is 11.3 Å². The molecule has 7 heteroatoms. The van der Waals surface area contributed by atoms with E-state index in [2.05, 4.69) is 5.32 Å². The van der Waals surface area contributed by atoms with Crippen LogP contribution in [0.15, 0.2) is 42.5 Å². The highest BCUT2D eigenvalue weighted by molar-refractivity contribution is 6.03. The van der Waals surface area contributed by atoms with Crippen molar-refractivity contribution >= 4 is 23.5 Å². The van der Waals surface area contributed by atoms with Gasteiger partial charge in [-0.05, 0) is 30.7 Å². The van der Waals surface area contributed by atoms with Crippen LogP contribution in [-0.4, -0.2) is 29.5 Å². The maximum absolute atomic E-state index is 11.9. The zero-order valence-corrected chi connectivity index (χ0v) is 12.9. The number of esters is 1. The van der Waals surface area contributed by atoms with E-state index in [1.54, 1.807) is 31.2 Å². The molecule has 0 saturated carbocycles.